The van der Waals surface area contributed by atoms with Crippen LogP contribution in [0.4, 0.5) is 15.3 Å². The minimum absolute atomic E-state index is 0.0159. The Morgan fingerprint density at radius 3 is 2.65 bits per heavy atom. The summed E-state index contributed by atoms with van der Waals surface area (Å²) in [4.78, 5) is 42.8. The van der Waals surface area contributed by atoms with Gasteiger partial charge in [-0.3, -0.25) is 29.8 Å². The van der Waals surface area contributed by atoms with Crippen LogP contribution in [0.15, 0.2) is 53.3 Å². The maximum atomic E-state index is 13.2. The molecule has 0 aliphatic heterocycles. The molecule has 0 fully saturated rings. The lowest BCUT2D eigenvalue weighted by molar-refractivity contribution is 0.0964. The maximum absolute atomic E-state index is 13.2. The summed E-state index contributed by atoms with van der Waals surface area (Å²) >= 11 is 7.01. The van der Waals surface area contributed by atoms with Crippen molar-refractivity contribution in [2.45, 2.75) is 20.4 Å². The van der Waals surface area contributed by atoms with E-state index >= 15 is 0 Å². The van der Waals surface area contributed by atoms with Gasteiger partial charge < -0.3 is 5.32 Å². The van der Waals surface area contributed by atoms with Gasteiger partial charge >= 0.3 is 0 Å². The summed E-state index contributed by atoms with van der Waals surface area (Å²) in [6.45, 7) is 3.88. The molecule has 2 aromatic carbocycles. The number of hydrogen-bond acceptors (Lipinski definition) is 6. The number of aryl methyl sites for hydroxylation is 1. The fourth-order valence-electron chi connectivity index (χ4n) is 3.35. The number of fused-ring (bicyclic) bond motifs is 1. The van der Waals surface area contributed by atoms with Crippen LogP contribution in [0.5, 0.6) is 0 Å². The van der Waals surface area contributed by atoms with Gasteiger partial charge in [-0.15, -0.1) is 11.3 Å². The van der Waals surface area contributed by atoms with Gasteiger partial charge in [0.15, 0.2) is 0 Å². The smallest absolute Gasteiger partial charge is 0.280 e. The van der Waals surface area contributed by atoms with Crippen LogP contribution in [0, 0.1) is 12.7 Å². The highest BCUT2D eigenvalue weighted by Gasteiger charge is 2.18. The first kappa shape index (κ1) is 23.4. The van der Waals surface area contributed by atoms with Crippen LogP contribution in [-0.4, -0.2) is 21.4 Å². The molecule has 2 amide bonds. The standard InChI is InChI=1S/C23H19ClFN5O3S/c1-3-30-22(33)15-6-4-5-7-17(15)26-23(30)29-28-21(32)19-12(2)10-18(34-19)27-20(31)14-9-8-13(25)11-16(14)24/h4-11H,3H2,1-2H3,(H,26,29)(H,27,31)(H,28,32). The van der Waals surface area contributed by atoms with Gasteiger partial charge in [0, 0.05) is 6.54 Å². The van der Waals surface area contributed by atoms with E-state index in [-0.39, 0.29) is 22.1 Å². The molecule has 0 saturated carbocycles. The topological polar surface area (TPSA) is 105 Å². The summed E-state index contributed by atoms with van der Waals surface area (Å²) in [5, 5.41) is 3.55. The largest absolute Gasteiger partial charge is 0.313 e. The number of nitrogens with one attached hydrogen (secondary N) is 3. The van der Waals surface area contributed by atoms with Crippen LogP contribution in [0.25, 0.3) is 10.9 Å². The van der Waals surface area contributed by atoms with Gasteiger partial charge in [0.1, 0.15) is 5.82 Å². The van der Waals surface area contributed by atoms with Crippen molar-refractivity contribution in [1.29, 1.82) is 0 Å². The van der Waals surface area contributed by atoms with Crippen LogP contribution in [0.1, 0.15) is 32.5 Å². The summed E-state index contributed by atoms with van der Waals surface area (Å²) in [6, 6.07) is 12.1. The number of para-hydroxylation sites is 1. The van der Waals surface area contributed by atoms with Crippen LogP contribution < -0.4 is 21.7 Å². The van der Waals surface area contributed by atoms with Crippen molar-refractivity contribution in [3.8, 4) is 0 Å². The van der Waals surface area contributed by atoms with E-state index in [0.29, 0.717) is 32.9 Å². The molecule has 0 aliphatic carbocycles. The molecule has 4 rings (SSSR count). The van der Waals surface area contributed by atoms with Gasteiger partial charge in [-0.1, -0.05) is 23.7 Å². The Balaban J connectivity index is 1.50. The third kappa shape index (κ3) is 4.63. The second kappa shape index (κ2) is 9.62. The Kier molecular flexibility index (Phi) is 6.62. The van der Waals surface area contributed by atoms with Gasteiger partial charge in [0.05, 0.1) is 31.4 Å². The lowest BCUT2D eigenvalue weighted by atomic mass is 10.2. The second-order valence-electron chi connectivity index (χ2n) is 7.28. The van der Waals surface area contributed by atoms with E-state index in [4.69, 9.17) is 11.6 Å². The Morgan fingerprint density at radius 1 is 1.15 bits per heavy atom. The molecule has 4 aromatic rings. The number of carbonyl (C=O) groups excluding carboxylic acids is 2. The molecule has 0 aliphatic rings. The number of nitrogens with zero attached hydrogens (tertiary/aromatic N) is 2. The van der Waals surface area contributed by atoms with E-state index in [1.165, 1.54) is 10.6 Å². The number of amides is 2. The molecule has 2 heterocycles. The molecule has 3 N–H and O–H groups in total. The predicted molar refractivity (Wildman–Crippen MR) is 131 cm³/mol. The fourth-order valence-corrected chi connectivity index (χ4v) is 4.56. The van der Waals surface area contributed by atoms with E-state index in [1.54, 1.807) is 44.2 Å². The Morgan fingerprint density at radius 2 is 1.91 bits per heavy atom. The number of halogens is 2. The van der Waals surface area contributed by atoms with Crippen molar-refractivity contribution in [3.63, 3.8) is 0 Å². The molecule has 11 heteroatoms. The number of thiophene rings is 1. The van der Waals surface area contributed by atoms with Crippen LogP contribution >= 0.6 is 22.9 Å². The number of hydrazine groups is 1. The number of hydrogen-bond donors (Lipinski definition) is 3. The van der Waals surface area contributed by atoms with Crippen molar-refractivity contribution < 1.29 is 14.0 Å². The highest BCUT2D eigenvalue weighted by molar-refractivity contribution is 7.18. The highest BCUT2D eigenvalue weighted by Crippen LogP contribution is 2.28. The number of aromatic nitrogens is 2. The van der Waals surface area contributed by atoms with Crippen LogP contribution in [-0.2, 0) is 6.54 Å². The summed E-state index contributed by atoms with van der Waals surface area (Å²) in [6.07, 6.45) is 0. The molecule has 0 bridgehead atoms. The molecule has 0 radical (unpaired) electrons. The average Bonchev–Trinajstić information content (AvgIpc) is 3.17. The Bertz CT molecular complexity index is 1480. The minimum Gasteiger partial charge on any atom is -0.313 e. The molecule has 8 nitrogen and oxygen atoms in total. The predicted octanol–water partition coefficient (Wildman–Crippen LogP) is 4.59. The van der Waals surface area contributed by atoms with Crippen LogP contribution in [0.2, 0.25) is 5.02 Å². The van der Waals surface area contributed by atoms with Crippen molar-refractivity contribution in [2.75, 3.05) is 10.7 Å². The zero-order chi connectivity index (χ0) is 24.4. The quantitative estimate of drug-likeness (QED) is 0.337. The molecule has 0 saturated heterocycles. The van der Waals surface area contributed by atoms with E-state index in [9.17, 15) is 18.8 Å². The van der Waals surface area contributed by atoms with Gasteiger partial charge in [-0.05, 0) is 55.8 Å². The van der Waals surface area contributed by atoms with Crippen molar-refractivity contribution in [3.05, 3.63) is 85.7 Å². The molecular formula is C23H19ClFN5O3S. The highest BCUT2D eigenvalue weighted by atomic mass is 35.5. The van der Waals surface area contributed by atoms with Gasteiger partial charge in [0.2, 0.25) is 5.95 Å². The third-order valence-corrected chi connectivity index (χ3v) is 6.47. The molecule has 0 atom stereocenters. The van der Waals surface area contributed by atoms with Gasteiger partial charge in [-0.2, -0.15) is 0 Å². The van der Waals surface area contributed by atoms with Crippen molar-refractivity contribution >= 4 is 56.6 Å². The minimum atomic E-state index is -0.547. The van der Waals surface area contributed by atoms with Crippen LogP contribution in [0.3, 0.4) is 0 Å². The molecule has 2 aromatic heterocycles. The van der Waals surface area contributed by atoms with E-state index in [1.807, 2.05) is 0 Å². The Hall–Kier alpha value is -3.76. The first-order chi connectivity index (χ1) is 16.3. The Labute approximate surface area is 202 Å². The van der Waals surface area contributed by atoms with E-state index < -0.39 is 17.6 Å². The maximum Gasteiger partial charge on any atom is 0.280 e. The van der Waals surface area contributed by atoms with Gasteiger partial charge in [-0.25, -0.2) is 9.37 Å². The van der Waals surface area contributed by atoms with E-state index in [0.717, 1.165) is 23.5 Å². The summed E-state index contributed by atoms with van der Waals surface area (Å²) in [5.74, 6) is -1.33. The fraction of sp³-hybridized carbons (Fsp3) is 0.130. The number of rotatable bonds is 6. The number of carbonyl (C=O) groups is 2. The average molecular weight is 500 g/mol. The SMILES string of the molecule is CCn1c(NNC(=O)c2sc(NC(=O)c3ccc(F)cc3Cl)cc2C)nc2ccccc2c1=O. The summed E-state index contributed by atoms with van der Waals surface area (Å²) < 4.78 is 14.7. The first-order valence-electron chi connectivity index (χ1n) is 10.2. The molecule has 0 unspecified atom stereocenters. The molecule has 174 valence electrons. The first-order valence-corrected chi connectivity index (χ1v) is 11.4. The molecule has 34 heavy (non-hydrogen) atoms. The molecule has 0 spiro atoms. The normalized spacial score (nSPS) is 10.8. The van der Waals surface area contributed by atoms with Gasteiger partial charge in [0.25, 0.3) is 17.4 Å². The van der Waals surface area contributed by atoms with Crippen molar-refractivity contribution in [1.82, 2.24) is 15.0 Å². The molecular weight excluding hydrogens is 481 g/mol. The monoisotopic (exact) mass is 499 g/mol. The second-order valence-corrected chi connectivity index (χ2v) is 8.74. The summed E-state index contributed by atoms with van der Waals surface area (Å²) in [7, 11) is 0. The summed E-state index contributed by atoms with van der Waals surface area (Å²) in [5.41, 5.74) is 6.32. The lowest BCUT2D eigenvalue weighted by Crippen LogP contribution is -2.34. The third-order valence-electron chi connectivity index (χ3n) is 5.00. The number of benzene rings is 2. The lowest BCUT2D eigenvalue weighted by Gasteiger charge is -2.13. The number of anilines is 2. The zero-order valence-electron chi connectivity index (χ0n) is 18.1. The van der Waals surface area contributed by atoms with E-state index in [2.05, 4.69) is 21.2 Å². The zero-order valence-corrected chi connectivity index (χ0v) is 19.7. The van der Waals surface area contributed by atoms with Crippen molar-refractivity contribution in [2.24, 2.45) is 0 Å².